The Morgan fingerprint density at radius 3 is 2.70 bits per heavy atom. The van der Waals surface area contributed by atoms with Crippen molar-refractivity contribution in [2.24, 2.45) is 0 Å². The molecule has 0 aliphatic carbocycles. The molecule has 0 aliphatic rings. The predicted molar refractivity (Wildman–Crippen MR) is 83.4 cm³/mol. The Morgan fingerprint density at radius 2 is 2.04 bits per heavy atom. The number of benzene rings is 1. The number of hydrogen-bond acceptors (Lipinski definition) is 4. The number of ether oxygens (including phenoxy) is 1. The van der Waals surface area contributed by atoms with E-state index < -0.39 is 0 Å². The molecule has 3 aromatic rings. The zero-order valence-electron chi connectivity index (χ0n) is 12.9. The van der Waals surface area contributed by atoms with Crippen molar-refractivity contribution in [3.05, 3.63) is 53.2 Å². The molecule has 0 saturated carbocycles. The third-order valence-corrected chi connectivity index (χ3v) is 3.63. The van der Waals surface area contributed by atoms with Crippen LogP contribution in [0.2, 0.25) is 0 Å². The maximum Gasteiger partial charge on any atom is 0.174 e. The molecule has 0 atom stereocenters. The number of aromatic nitrogens is 3. The van der Waals surface area contributed by atoms with E-state index >= 15 is 0 Å². The van der Waals surface area contributed by atoms with E-state index in [0.29, 0.717) is 30.1 Å². The van der Waals surface area contributed by atoms with Crippen LogP contribution in [0.25, 0.3) is 16.8 Å². The third kappa shape index (κ3) is 2.79. The summed E-state index contributed by atoms with van der Waals surface area (Å²) in [6.07, 6.45) is 0.578. The van der Waals surface area contributed by atoms with Crippen molar-refractivity contribution in [3.63, 3.8) is 0 Å². The first-order valence-corrected chi connectivity index (χ1v) is 7.18. The average molecular weight is 310 g/mol. The van der Waals surface area contributed by atoms with Crippen LogP contribution in [-0.2, 0) is 11.2 Å². The van der Waals surface area contributed by atoms with E-state index in [4.69, 9.17) is 4.74 Å². The highest BCUT2D eigenvalue weighted by Gasteiger charge is 2.16. The molecule has 0 amide bonds. The summed E-state index contributed by atoms with van der Waals surface area (Å²) in [5, 5.41) is 14.0. The van der Waals surface area contributed by atoms with Gasteiger partial charge in [0.15, 0.2) is 11.5 Å². The Morgan fingerprint density at radius 1 is 1.30 bits per heavy atom. The molecule has 5 nitrogen and oxygen atoms in total. The van der Waals surface area contributed by atoms with Crippen molar-refractivity contribution in [2.75, 3.05) is 13.7 Å². The highest BCUT2D eigenvalue weighted by Crippen LogP contribution is 2.27. The van der Waals surface area contributed by atoms with Gasteiger partial charge in [0.25, 0.3) is 0 Å². The quantitative estimate of drug-likeness (QED) is 0.743. The highest BCUT2D eigenvalue weighted by molar-refractivity contribution is 5.77. The number of rotatable bonds is 4. The zero-order valence-corrected chi connectivity index (χ0v) is 12.9. The lowest BCUT2D eigenvalue weighted by Crippen LogP contribution is -1.99. The van der Waals surface area contributed by atoms with Crippen LogP contribution in [0.5, 0.6) is 0 Å². The number of nitriles is 1. The van der Waals surface area contributed by atoms with Gasteiger partial charge in [0.05, 0.1) is 6.61 Å². The second kappa shape index (κ2) is 6.15. The van der Waals surface area contributed by atoms with Crippen molar-refractivity contribution >= 4 is 5.65 Å². The summed E-state index contributed by atoms with van der Waals surface area (Å²) in [7, 11) is 1.62. The van der Waals surface area contributed by atoms with E-state index in [2.05, 4.69) is 16.2 Å². The van der Waals surface area contributed by atoms with Gasteiger partial charge >= 0.3 is 0 Å². The second-order valence-electron chi connectivity index (χ2n) is 5.20. The van der Waals surface area contributed by atoms with Crippen LogP contribution in [0.15, 0.2) is 30.3 Å². The van der Waals surface area contributed by atoms with Crippen LogP contribution in [0, 0.1) is 24.1 Å². The molecule has 23 heavy (non-hydrogen) atoms. The largest absolute Gasteiger partial charge is 0.384 e. The van der Waals surface area contributed by atoms with Crippen LogP contribution in [0.4, 0.5) is 4.39 Å². The van der Waals surface area contributed by atoms with Crippen LogP contribution in [0.1, 0.15) is 17.1 Å². The maximum absolute atomic E-state index is 13.1. The van der Waals surface area contributed by atoms with Gasteiger partial charge in [-0.05, 0) is 30.7 Å². The SMILES string of the molecule is COCCc1nc2c(C#N)c(-c3ccc(F)cc3)cc(C)n2n1. The van der Waals surface area contributed by atoms with Gasteiger partial charge in [-0.25, -0.2) is 13.9 Å². The van der Waals surface area contributed by atoms with Crippen molar-refractivity contribution in [2.45, 2.75) is 13.3 Å². The summed E-state index contributed by atoms with van der Waals surface area (Å²) in [5.41, 5.74) is 3.30. The van der Waals surface area contributed by atoms with Gasteiger partial charge in [0.2, 0.25) is 0 Å². The fourth-order valence-corrected chi connectivity index (χ4v) is 2.49. The van der Waals surface area contributed by atoms with E-state index in [-0.39, 0.29) is 5.82 Å². The van der Waals surface area contributed by atoms with Gasteiger partial charge in [-0.15, -0.1) is 0 Å². The van der Waals surface area contributed by atoms with Gasteiger partial charge < -0.3 is 4.74 Å². The Bertz CT molecular complexity index is 894. The van der Waals surface area contributed by atoms with E-state index in [1.807, 2.05) is 13.0 Å². The molecular weight excluding hydrogens is 295 g/mol. The van der Waals surface area contributed by atoms with Gasteiger partial charge in [-0.3, -0.25) is 0 Å². The molecule has 0 saturated heterocycles. The molecular formula is C17H15FN4O. The van der Waals surface area contributed by atoms with Crippen LogP contribution >= 0.6 is 0 Å². The van der Waals surface area contributed by atoms with Crippen LogP contribution < -0.4 is 0 Å². The van der Waals surface area contributed by atoms with Crippen molar-refractivity contribution < 1.29 is 9.13 Å². The number of fused-ring (bicyclic) bond motifs is 1. The third-order valence-electron chi connectivity index (χ3n) is 3.63. The smallest absolute Gasteiger partial charge is 0.174 e. The van der Waals surface area contributed by atoms with Crippen LogP contribution in [0.3, 0.4) is 0 Å². The maximum atomic E-state index is 13.1. The minimum absolute atomic E-state index is 0.311. The normalized spacial score (nSPS) is 10.9. The molecule has 1 aromatic carbocycles. The Kier molecular flexibility index (Phi) is 4.04. The highest BCUT2D eigenvalue weighted by atomic mass is 19.1. The molecule has 3 rings (SSSR count). The monoisotopic (exact) mass is 310 g/mol. The molecule has 0 fully saturated rings. The number of hydrogen-bond donors (Lipinski definition) is 0. The van der Waals surface area contributed by atoms with Crippen molar-refractivity contribution in [1.82, 2.24) is 14.6 Å². The number of methoxy groups -OCH3 is 1. The van der Waals surface area contributed by atoms with Crippen molar-refractivity contribution in [1.29, 1.82) is 5.26 Å². The van der Waals surface area contributed by atoms with Gasteiger partial charge in [-0.1, -0.05) is 12.1 Å². The second-order valence-corrected chi connectivity index (χ2v) is 5.20. The molecule has 0 aliphatic heterocycles. The lowest BCUT2D eigenvalue weighted by atomic mass is 10.0. The molecule has 2 aromatic heterocycles. The Labute approximate surface area is 133 Å². The lowest BCUT2D eigenvalue weighted by molar-refractivity contribution is 0.200. The fraction of sp³-hybridized carbons (Fsp3) is 0.235. The van der Waals surface area contributed by atoms with Gasteiger partial charge in [-0.2, -0.15) is 10.4 Å². The Hall–Kier alpha value is -2.78. The lowest BCUT2D eigenvalue weighted by Gasteiger charge is -2.08. The Balaban J connectivity index is 2.19. The molecule has 0 unspecified atom stereocenters. The fourth-order valence-electron chi connectivity index (χ4n) is 2.49. The summed E-state index contributed by atoms with van der Waals surface area (Å²) < 4.78 is 19.8. The number of halogens is 1. The van der Waals surface area contributed by atoms with E-state index in [9.17, 15) is 9.65 Å². The molecule has 0 radical (unpaired) electrons. The van der Waals surface area contributed by atoms with E-state index in [1.165, 1.54) is 12.1 Å². The molecule has 116 valence electrons. The topological polar surface area (TPSA) is 63.2 Å². The standard InChI is InChI=1S/C17H15FN4O/c1-11-9-14(12-3-5-13(18)6-4-12)15(10-19)17-20-16(7-8-23-2)21-22(11)17/h3-6,9H,7-8H2,1-2H3. The van der Waals surface area contributed by atoms with Crippen molar-refractivity contribution in [3.8, 4) is 17.2 Å². The molecule has 0 N–H and O–H groups in total. The predicted octanol–water partition coefficient (Wildman–Crippen LogP) is 2.90. The van der Waals surface area contributed by atoms with Gasteiger partial charge in [0.1, 0.15) is 17.4 Å². The number of pyridine rings is 1. The molecule has 2 heterocycles. The molecule has 0 spiro atoms. The first-order valence-electron chi connectivity index (χ1n) is 7.18. The summed E-state index contributed by atoms with van der Waals surface area (Å²) in [4.78, 5) is 4.46. The summed E-state index contributed by atoms with van der Waals surface area (Å²) in [6, 6.07) is 10.1. The number of nitrogens with zero attached hydrogens (tertiary/aromatic N) is 4. The minimum atomic E-state index is -0.311. The average Bonchev–Trinajstić information content (AvgIpc) is 2.98. The molecule has 0 bridgehead atoms. The van der Waals surface area contributed by atoms with Crippen LogP contribution in [-0.4, -0.2) is 28.3 Å². The van der Waals surface area contributed by atoms with E-state index in [0.717, 1.165) is 16.8 Å². The first kappa shape index (κ1) is 15.1. The number of aryl methyl sites for hydroxylation is 1. The zero-order chi connectivity index (χ0) is 16.4. The van der Waals surface area contributed by atoms with Gasteiger partial charge in [0, 0.05) is 24.8 Å². The first-order chi connectivity index (χ1) is 11.1. The molecule has 6 heteroatoms. The minimum Gasteiger partial charge on any atom is -0.384 e. The van der Waals surface area contributed by atoms with E-state index in [1.54, 1.807) is 23.8 Å². The summed E-state index contributed by atoms with van der Waals surface area (Å²) in [5.74, 6) is 0.317. The summed E-state index contributed by atoms with van der Waals surface area (Å²) in [6.45, 7) is 2.42. The summed E-state index contributed by atoms with van der Waals surface area (Å²) >= 11 is 0.